The van der Waals surface area contributed by atoms with Crippen LogP contribution in [0.3, 0.4) is 0 Å². The van der Waals surface area contributed by atoms with Crippen LogP contribution in [0.2, 0.25) is 0 Å². The van der Waals surface area contributed by atoms with Crippen molar-refractivity contribution in [2.45, 2.75) is 25.7 Å². The molecule has 0 saturated heterocycles. The van der Waals surface area contributed by atoms with Crippen LogP contribution in [0, 0.1) is 0 Å². The van der Waals surface area contributed by atoms with Gasteiger partial charge >= 0.3 is 0 Å². The molecule has 2 rings (SSSR count). The third-order valence-corrected chi connectivity index (χ3v) is 3.70. The van der Waals surface area contributed by atoms with Gasteiger partial charge in [-0.3, -0.25) is 0 Å². The van der Waals surface area contributed by atoms with Gasteiger partial charge in [0.2, 0.25) is 0 Å². The van der Waals surface area contributed by atoms with E-state index in [-0.39, 0.29) is 6.10 Å². The van der Waals surface area contributed by atoms with Crippen molar-refractivity contribution in [1.29, 1.82) is 0 Å². The number of nitrogens with zero attached hydrogens (tertiary/aromatic N) is 2. The molecule has 0 radical (unpaired) electrons. The predicted octanol–water partition coefficient (Wildman–Crippen LogP) is 4.06. The SMILES string of the molecule is CC(C)Oc1ccc(C=NN=C(N)SCc2ccccc2)cc1. The van der Waals surface area contributed by atoms with Gasteiger partial charge in [0.05, 0.1) is 12.3 Å². The van der Waals surface area contributed by atoms with E-state index < -0.39 is 0 Å². The highest BCUT2D eigenvalue weighted by Crippen LogP contribution is 2.13. The van der Waals surface area contributed by atoms with Gasteiger partial charge in [0.25, 0.3) is 0 Å². The number of nitrogens with two attached hydrogens (primary N) is 1. The minimum atomic E-state index is 0.167. The molecule has 0 aliphatic rings. The van der Waals surface area contributed by atoms with E-state index in [1.165, 1.54) is 17.3 Å². The van der Waals surface area contributed by atoms with Crippen LogP contribution in [0.25, 0.3) is 0 Å². The van der Waals surface area contributed by atoms with E-state index in [4.69, 9.17) is 10.5 Å². The van der Waals surface area contributed by atoms with Crippen LogP contribution < -0.4 is 10.5 Å². The molecule has 0 spiro atoms. The topological polar surface area (TPSA) is 60.0 Å². The van der Waals surface area contributed by atoms with Gasteiger partial charge in [0.15, 0.2) is 5.17 Å². The molecule has 0 aliphatic heterocycles. The van der Waals surface area contributed by atoms with Crippen LogP contribution in [-0.2, 0) is 5.75 Å². The van der Waals surface area contributed by atoms with Crippen LogP contribution in [0.5, 0.6) is 5.75 Å². The second-order valence-electron chi connectivity index (χ2n) is 5.19. The van der Waals surface area contributed by atoms with E-state index in [0.29, 0.717) is 5.17 Å². The Morgan fingerprint density at radius 3 is 2.48 bits per heavy atom. The van der Waals surface area contributed by atoms with Crippen LogP contribution >= 0.6 is 11.8 Å². The maximum atomic E-state index is 5.84. The Bertz CT molecular complexity index is 652. The molecule has 0 amide bonds. The summed E-state index contributed by atoms with van der Waals surface area (Å²) in [6.45, 7) is 4.00. The molecule has 120 valence electrons. The normalized spacial score (nSPS) is 12.0. The lowest BCUT2D eigenvalue weighted by atomic mass is 10.2. The van der Waals surface area contributed by atoms with Crippen molar-refractivity contribution in [3.63, 3.8) is 0 Å². The first kappa shape index (κ1) is 17.1. The first-order valence-corrected chi connectivity index (χ1v) is 8.42. The second-order valence-corrected chi connectivity index (χ2v) is 6.19. The molecule has 0 unspecified atom stereocenters. The zero-order valence-electron chi connectivity index (χ0n) is 13.3. The summed E-state index contributed by atoms with van der Waals surface area (Å²) in [6.07, 6.45) is 1.84. The molecule has 0 heterocycles. The van der Waals surface area contributed by atoms with Crippen molar-refractivity contribution in [2.75, 3.05) is 0 Å². The fourth-order valence-electron chi connectivity index (χ4n) is 1.82. The molecule has 0 aliphatic carbocycles. The molecule has 0 aromatic heterocycles. The number of hydrogen-bond acceptors (Lipinski definition) is 4. The van der Waals surface area contributed by atoms with Crippen molar-refractivity contribution in [3.8, 4) is 5.75 Å². The zero-order valence-corrected chi connectivity index (χ0v) is 14.2. The van der Waals surface area contributed by atoms with E-state index in [1.54, 1.807) is 6.21 Å². The van der Waals surface area contributed by atoms with Gasteiger partial charge in [0.1, 0.15) is 5.75 Å². The fourth-order valence-corrected chi connectivity index (χ4v) is 2.43. The molecular weight excluding hydrogens is 306 g/mol. The summed E-state index contributed by atoms with van der Waals surface area (Å²) >= 11 is 1.47. The molecule has 2 aromatic rings. The molecule has 0 saturated carbocycles. The maximum Gasteiger partial charge on any atom is 0.180 e. The van der Waals surface area contributed by atoms with Crippen molar-refractivity contribution in [1.82, 2.24) is 0 Å². The first-order chi connectivity index (χ1) is 11.1. The van der Waals surface area contributed by atoms with E-state index >= 15 is 0 Å². The lowest BCUT2D eigenvalue weighted by Crippen LogP contribution is -2.06. The van der Waals surface area contributed by atoms with Gasteiger partial charge in [-0.05, 0) is 49.2 Å². The largest absolute Gasteiger partial charge is 0.491 e. The van der Waals surface area contributed by atoms with Crippen LogP contribution in [0.4, 0.5) is 0 Å². The van der Waals surface area contributed by atoms with Crippen molar-refractivity contribution < 1.29 is 4.74 Å². The molecule has 2 N–H and O–H groups in total. The molecule has 0 atom stereocenters. The minimum Gasteiger partial charge on any atom is -0.491 e. The lowest BCUT2D eigenvalue weighted by molar-refractivity contribution is 0.242. The monoisotopic (exact) mass is 327 g/mol. The molecule has 4 nitrogen and oxygen atoms in total. The van der Waals surface area contributed by atoms with Crippen molar-refractivity contribution >= 4 is 23.1 Å². The van der Waals surface area contributed by atoms with Gasteiger partial charge in [-0.25, -0.2) is 0 Å². The lowest BCUT2D eigenvalue weighted by Gasteiger charge is -2.08. The Kier molecular flexibility index (Phi) is 6.69. The van der Waals surface area contributed by atoms with E-state index in [0.717, 1.165) is 17.1 Å². The number of amidine groups is 1. The van der Waals surface area contributed by atoms with E-state index in [1.807, 2.05) is 56.3 Å². The molecule has 0 bridgehead atoms. The summed E-state index contributed by atoms with van der Waals surface area (Å²) in [5.41, 5.74) is 8.00. The van der Waals surface area contributed by atoms with Gasteiger partial charge < -0.3 is 10.5 Å². The molecule has 2 aromatic carbocycles. The third-order valence-electron chi connectivity index (χ3n) is 2.84. The minimum absolute atomic E-state index is 0.167. The quantitative estimate of drug-likeness (QED) is 0.494. The van der Waals surface area contributed by atoms with Gasteiger partial charge in [-0.2, -0.15) is 5.10 Å². The summed E-state index contributed by atoms with van der Waals surface area (Å²) in [5.74, 6) is 1.63. The Hall–Kier alpha value is -2.27. The first-order valence-electron chi connectivity index (χ1n) is 7.43. The predicted molar refractivity (Wildman–Crippen MR) is 99.2 cm³/mol. The van der Waals surface area contributed by atoms with E-state index in [2.05, 4.69) is 22.3 Å². The Balaban J connectivity index is 1.84. The molecular formula is C18H21N3OS. The zero-order chi connectivity index (χ0) is 16.5. The van der Waals surface area contributed by atoms with Gasteiger partial charge in [-0.1, -0.05) is 42.1 Å². The number of hydrogen-bond donors (Lipinski definition) is 1. The summed E-state index contributed by atoms with van der Waals surface area (Å²) < 4.78 is 5.59. The van der Waals surface area contributed by atoms with Crippen molar-refractivity contribution in [2.24, 2.45) is 15.9 Å². The van der Waals surface area contributed by atoms with E-state index in [9.17, 15) is 0 Å². The number of benzene rings is 2. The highest BCUT2D eigenvalue weighted by Gasteiger charge is 1.97. The molecule has 23 heavy (non-hydrogen) atoms. The standard InChI is InChI=1S/C18H21N3OS/c1-14(2)22-17-10-8-15(9-11-17)12-20-21-18(19)23-13-16-6-4-3-5-7-16/h3-12,14H,13H2,1-2H3,(H2,19,21). The number of ether oxygens (including phenoxy) is 1. The number of thioether (sulfide) groups is 1. The molecule has 5 heteroatoms. The van der Waals surface area contributed by atoms with Crippen LogP contribution in [0.15, 0.2) is 64.8 Å². The van der Waals surface area contributed by atoms with Crippen LogP contribution in [0.1, 0.15) is 25.0 Å². The van der Waals surface area contributed by atoms with Crippen LogP contribution in [-0.4, -0.2) is 17.5 Å². The highest BCUT2D eigenvalue weighted by atomic mass is 32.2. The fraction of sp³-hybridized carbons (Fsp3) is 0.222. The van der Waals surface area contributed by atoms with Gasteiger partial charge in [0, 0.05) is 5.75 Å². The Labute approximate surface area is 141 Å². The summed E-state index contributed by atoms with van der Waals surface area (Å²) in [7, 11) is 0. The summed E-state index contributed by atoms with van der Waals surface area (Å²) in [5, 5.41) is 8.47. The second kappa shape index (κ2) is 9.00. The summed E-state index contributed by atoms with van der Waals surface area (Å²) in [6, 6.07) is 17.8. The Morgan fingerprint density at radius 2 is 1.83 bits per heavy atom. The molecule has 0 fully saturated rings. The average molecular weight is 327 g/mol. The highest BCUT2D eigenvalue weighted by molar-refractivity contribution is 8.13. The smallest absolute Gasteiger partial charge is 0.180 e. The average Bonchev–Trinajstić information content (AvgIpc) is 2.55. The summed E-state index contributed by atoms with van der Waals surface area (Å²) in [4.78, 5) is 0. The number of rotatable bonds is 6. The third kappa shape index (κ3) is 6.57. The Morgan fingerprint density at radius 1 is 1.13 bits per heavy atom. The maximum absolute atomic E-state index is 5.84. The van der Waals surface area contributed by atoms with Gasteiger partial charge in [-0.15, -0.1) is 5.10 Å². The van der Waals surface area contributed by atoms with Crippen molar-refractivity contribution in [3.05, 3.63) is 65.7 Å².